The van der Waals surface area contributed by atoms with Gasteiger partial charge in [0.15, 0.2) is 0 Å². The average Bonchev–Trinajstić information content (AvgIpc) is 2.65. The van der Waals surface area contributed by atoms with Crippen molar-refractivity contribution in [1.29, 1.82) is 0 Å². The second kappa shape index (κ2) is 5.05. The van der Waals surface area contributed by atoms with Gasteiger partial charge in [0.05, 0.1) is 0 Å². The van der Waals surface area contributed by atoms with Gasteiger partial charge in [-0.05, 0) is 37.6 Å². The van der Waals surface area contributed by atoms with E-state index < -0.39 is 0 Å². The van der Waals surface area contributed by atoms with Crippen LogP contribution in [0.1, 0.15) is 52.9 Å². The molecule has 0 aromatic heterocycles. The molecule has 1 heterocycles. The molecule has 2 atom stereocenters. The molecule has 1 aliphatic carbocycles. The molecule has 1 aliphatic heterocycles. The summed E-state index contributed by atoms with van der Waals surface area (Å²) in [6.07, 6.45) is 7.05. The lowest BCUT2D eigenvalue weighted by Gasteiger charge is -2.39. The fourth-order valence-corrected chi connectivity index (χ4v) is 3.54. The van der Waals surface area contributed by atoms with Crippen LogP contribution in [0.2, 0.25) is 0 Å². The van der Waals surface area contributed by atoms with E-state index >= 15 is 0 Å². The largest absolute Gasteiger partial charge is 0.313 e. The summed E-state index contributed by atoms with van der Waals surface area (Å²) in [6.45, 7) is 10.8. The van der Waals surface area contributed by atoms with Crippen LogP contribution in [0.25, 0.3) is 0 Å². The minimum absolute atomic E-state index is 0.583. The first kappa shape index (κ1) is 12.4. The Bertz CT molecular complexity index is 225. The summed E-state index contributed by atoms with van der Waals surface area (Å²) in [7, 11) is 0. The Morgan fingerprint density at radius 1 is 1.31 bits per heavy atom. The lowest BCUT2D eigenvalue weighted by Crippen LogP contribution is -2.41. The Morgan fingerprint density at radius 2 is 2.12 bits per heavy atom. The second-order valence-corrected chi connectivity index (χ2v) is 6.45. The van der Waals surface area contributed by atoms with E-state index in [9.17, 15) is 0 Å². The molecular weight excluding hydrogens is 196 g/mol. The summed E-state index contributed by atoms with van der Waals surface area (Å²) in [6, 6.07) is 1.63. The lowest BCUT2D eigenvalue weighted by molar-refractivity contribution is 0.112. The van der Waals surface area contributed by atoms with Crippen molar-refractivity contribution >= 4 is 0 Å². The van der Waals surface area contributed by atoms with Gasteiger partial charge in [0.2, 0.25) is 0 Å². The Hall–Kier alpha value is -0.0800. The predicted octanol–water partition coefficient (Wildman–Crippen LogP) is 2.64. The van der Waals surface area contributed by atoms with E-state index in [2.05, 4.69) is 31.0 Å². The summed E-state index contributed by atoms with van der Waals surface area (Å²) >= 11 is 0. The van der Waals surface area contributed by atoms with E-state index in [-0.39, 0.29) is 0 Å². The van der Waals surface area contributed by atoms with E-state index in [1.54, 1.807) is 0 Å². The molecule has 1 saturated heterocycles. The smallest absolute Gasteiger partial charge is 0.0207 e. The number of nitrogens with one attached hydrogen (secondary N) is 1. The summed E-state index contributed by atoms with van der Waals surface area (Å²) in [4.78, 5) is 2.74. The standard InChI is InChI=1S/C14H28N2/c1-4-15-12-7-9-16(11-12)13-6-5-8-14(2,3)10-13/h12-13,15H,4-11H2,1-3H3. The first-order chi connectivity index (χ1) is 7.61. The highest BCUT2D eigenvalue weighted by Gasteiger charge is 2.34. The Labute approximate surface area is 101 Å². The summed E-state index contributed by atoms with van der Waals surface area (Å²) in [5.41, 5.74) is 0.583. The SMILES string of the molecule is CCNC1CCN(C2CCCC(C)(C)C2)C1. The maximum atomic E-state index is 3.59. The highest BCUT2D eigenvalue weighted by molar-refractivity contribution is 4.90. The van der Waals surface area contributed by atoms with Crippen molar-refractivity contribution in [3.8, 4) is 0 Å². The Balaban J connectivity index is 1.84. The normalized spacial score (nSPS) is 35.4. The van der Waals surface area contributed by atoms with E-state index in [0.29, 0.717) is 5.41 Å². The number of likely N-dealkylation sites (N-methyl/N-ethyl adjacent to an activating group) is 1. The van der Waals surface area contributed by atoms with Crippen LogP contribution in [0.3, 0.4) is 0 Å². The molecular formula is C14H28N2. The third-order valence-electron chi connectivity index (χ3n) is 4.41. The van der Waals surface area contributed by atoms with Crippen molar-refractivity contribution in [2.24, 2.45) is 5.41 Å². The molecule has 2 heteroatoms. The molecule has 0 aromatic carbocycles. The molecule has 2 fully saturated rings. The van der Waals surface area contributed by atoms with Crippen LogP contribution in [0.5, 0.6) is 0 Å². The molecule has 2 aliphatic rings. The van der Waals surface area contributed by atoms with Crippen LogP contribution in [0, 0.1) is 5.41 Å². The minimum atomic E-state index is 0.583. The average molecular weight is 224 g/mol. The van der Waals surface area contributed by atoms with Gasteiger partial charge < -0.3 is 5.32 Å². The van der Waals surface area contributed by atoms with Gasteiger partial charge >= 0.3 is 0 Å². The zero-order valence-corrected chi connectivity index (χ0v) is 11.3. The topological polar surface area (TPSA) is 15.3 Å². The van der Waals surface area contributed by atoms with Gasteiger partial charge in [0.1, 0.15) is 0 Å². The number of rotatable bonds is 3. The zero-order chi connectivity index (χ0) is 11.6. The molecule has 0 amide bonds. The third-order valence-corrected chi connectivity index (χ3v) is 4.41. The van der Waals surface area contributed by atoms with Crippen molar-refractivity contribution < 1.29 is 0 Å². The maximum Gasteiger partial charge on any atom is 0.0207 e. The fraction of sp³-hybridized carbons (Fsp3) is 1.00. The Kier molecular flexibility index (Phi) is 3.91. The van der Waals surface area contributed by atoms with Gasteiger partial charge in [0.25, 0.3) is 0 Å². The number of hydrogen-bond donors (Lipinski definition) is 1. The van der Waals surface area contributed by atoms with Crippen LogP contribution in [-0.2, 0) is 0 Å². The number of hydrogen-bond acceptors (Lipinski definition) is 2. The monoisotopic (exact) mass is 224 g/mol. The second-order valence-electron chi connectivity index (χ2n) is 6.45. The highest BCUT2D eigenvalue weighted by Crippen LogP contribution is 2.38. The van der Waals surface area contributed by atoms with Gasteiger partial charge in [-0.3, -0.25) is 4.90 Å². The summed E-state index contributed by atoms with van der Waals surface area (Å²) in [5.74, 6) is 0. The van der Waals surface area contributed by atoms with Crippen molar-refractivity contribution in [2.75, 3.05) is 19.6 Å². The summed E-state index contributed by atoms with van der Waals surface area (Å²) in [5, 5.41) is 3.59. The van der Waals surface area contributed by atoms with Crippen LogP contribution < -0.4 is 5.32 Å². The molecule has 2 unspecified atom stereocenters. The van der Waals surface area contributed by atoms with E-state index in [4.69, 9.17) is 0 Å². The lowest BCUT2D eigenvalue weighted by atomic mass is 9.75. The minimum Gasteiger partial charge on any atom is -0.313 e. The fourth-order valence-electron chi connectivity index (χ4n) is 3.54. The van der Waals surface area contributed by atoms with Gasteiger partial charge in [-0.1, -0.05) is 27.2 Å². The number of nitrogens with zero attached hydrogens (tertiary/aromatic N) is 1. The molecule has 0 aromatic rings. The molecule has 2 rings (SSSR count). The van der Waals surface area contributed by atoms with Crippen LogP contribution in [-0.4, -0.2) is 36.6 Å². The van der Waals surface area contributed by atoms with E-state index in [1.807, 2.05) is 0 Å². The highest BCUT2D eigenvalue weighted by atomic mass is 15.2. The van der Waals surface area contributed by atoms with Crippen molar-refractivity contribution in [1.82, 2.24) is 10.2 Å². The molecule has 2 nitrogen and oxygen atoms in total. The predicted molar refractivity (Wildman–Crippen MR) is 69.7 cm³/mol. The van der Waals surface area contributed by atoms with Crippen molar-refractivity contribution in [2.45, 2.75) is 65.0 Å². The van der Waals surface area contributed by atoms with Crippen molar-refractivity contribution in [3.63, 3.8) is 0 Å². The molecule has 0 radical (unpaired) electrons. The zero-order valence-electron chi connectivity index (χ0n) is 11.3. The molecule has 0 spiro atoms. The van der Waals surface area contributed by atoms with Gasteiger partial charge in [-0.2, -0.15) is 0 Å². The van der Waals surface area contributed by atoms with Crippen LogP contribution in [0.4, 0.5) is 0 Å². The molecule has 0 bridgehead atoms. The first-order valence-electron chi connectivity index (χ1n) is 7.08. The maximum absolute atomic E-state index is 3.59. The summed E-state index contributed by atoms with van der Waals surface area (Å²) < 4.78 is 0. The van der Waals surface area contributed by atoms with Gasteiger partial charge in [-0.15, -0.1) is 0 Å². The number of likely N-dealkylation sites (tertiary alicyclic amines) is 1. The van der Waals surface area contributed by atoms with Gasteiger partial charge in [0, 0.05) is 25.2 Å². The van der Waals surface area contributed by atoms with Crippen LogP contribution in [0.15, 0.2) is 0 Å². The molecule has 1 saturated carbocycles. The first-order valence-corrected chi connectivity index (χ1v) is 7.08. The van der Waals surface area contributed by atoms with Crippen molar-refractivity contribution in [3.05, 3.63) is 0 Å². The van der Waals surface area contributed by atoms with Crippen LogP contribution >= 0.6 is 0 Å². The quantitative estimate of drug-likeness (QED) is 0.793. The van der Waals surface area contributed by atoms with E-state index in [1.165, 1.54) is 45.2 Å². The Morgan fingerprint density at radius 3 is 2.81 bits per heavy atom. The molecule has 1 N–H and O–H groups in total. The van der Waals surface area contributed by atoms with E-state index in [0.717, 1.165) is 18.6 Å². The molecule has 16 heavy (non-hydrogen) atoms. The van der Waals surface area contributed by atoms with Gasteiger partial charge in [-0.25, -0.2) is 0 Å². The molecule has 94 valence electrons. The third kappa shape index (κ3) is 2.98.